The summed E-state index contributed by atoms with van der Waals surface area (Å²) in [5.74, 6) is 1.05. The van der Waals surface area contributed by atoms with E-state index in [1.54, 1.807) is 0 Å². The SMILES string of the molecule is CCCOCCC(NC)c1ccc2c(c1)CCO2. The first-order valence-corrected chi connectivity index (χ1v) is 6.85. The number of rotatable bonds is 7. The molecule has 18 heavy (non-hydrogen) atoms. The Bertz CT molecular complexity index is 379. The number of hydrogen-bond donors (Lipinski definition) is 1. The average Bonchev–Trinajstić information content (AvgIpc) is 2.86. The van der Waals surface area contributed by atoms with E-state index < -0.39 is 0 Å². The standard InChI is InChI=1S/C15H23NO2/c1-3-8-17-9-7-14(16-2)12-4-5-15-13(11-12)6-10-18-15/h4-5,11,14,16H,3,6-10H2,1-2H3. The fourth-order valence-electron chi connectivity index (χ4n) is 2.35. The smallest absolute Gasteiger partial charge is 0.122 e. The van der Waals surface area contributed by atoms with Crippen molar-refractivity contribution in [2.75, 3.05) is 26.9 Å². The molecule has 0 radical (unpaired) electrons. The molecule has 0 bridgehead atoms. The average molecular weight is 249 g/mol. The first-order chi connectivity index (χ1) is 8.85. The van der Waals surface area contributed by atoms with Crippen molar-refractivity contribution in [2.24, 2.45) is 0 Å². The van der Waals surface area contributed by atoms with Crippen molar-refractivity contribution in [3.05, 3.63) is 29.3 Å². The van der Waals surface area contributed by atoms with Gasteiger partial charge in [0.05, 0.1) is 6.61 Å². The van der Waals surface area contributed by atoms with E-state index >= 15 is 0 Å². The van der Waals surface area contributed by atoms with Gasteiger partial charge < -0.3 is 14.8 Å². The second-order valence-electron chi connectivity index (χ2n) is 4.71. The summed E-state index contributed by atoms with van der Waals surface area (Å²) in [6.45, 7) is 4.63. The summed E-state index contributed by atoms with van der Waals surface area (Å²) < 4.78 is 11.1. The van der Waals surface area contributed by atoms with Gasteiger partial charge in [0.1, 0.15) is 5.75 Å². The summed E-state index contributed by atoms with van der Waals surface area (Å²) in [7, 11) is 2.01. The third-order valence-corrected chi connectivity index (χ3v) is 3.36. The van der Waals surface area contributed by atoms with Crippen molar-refractivity contribution in [1.29, 1.82) is 0 Å². The van der Waals surface area contributed by atoms with Gasteiger partial charge in [-0.05, 0) is 37.1 Å². The first-order valence-electron chi connectivity index (χ1n) is 6.85. The molecule has 0 spiro atoms. The van der Waals surface area contributed by atoms with Crippen LogP contribution in [-0.4, -0.2) is 26.9 Å². The van der Waals surface area contributed by atoms with Crippen LogP contribution in [0.4, 0.5) is 0 Å². The Morgan fingerprint density at radius 3 is 3.06 bits per heavy atom. The van der Waals surface area contributed by atoms with Crippen LogP contribution in [0.3, 0.4) is 0 Å². The van der Waals surface area contributed by atoms with Gasteiger partial charge in [0.15, 0.2) is 0 Å². The van der Waals surface area contributed by atoms with Crippen molar-refractivity contribution in [2.45, 2.75) is 32.2 Å². The molecule has 1 N–H and O–H groups in total. The molecular formula is C15H23NO2. The van der Waals surface area contributed by atoms with E-state index in [-0.39, 0.29) is 0 Å². The lowest BCUT2D eigenvalue weighted by Gasteiger charge is -2.17. The third kappa shape index (κ3) is 3.24. The predicted octanol–water partition coefficient (Wildman–Crippen LogP) is 2.70. The lowest BCUT2D eigenvalue weighted by atomic mass is 10.0. The molecule has 0 aromatic heterocycles. The van der Waals surface area contributed by atoms with Gasteiger partial charge in [0.2, 0.25) is 0 Å². The van der Waals surface area contributed by atoms with Gasteiger partial charge in [-0.2, -0.15) is 0 Å². The Balaban J connectivity index is 1.94. The van der Waals surface area contributed by atoms with Gasteiger partial charge in [0, 0.05) is 25.7 Å². The Morgan fingerprint density at radius 2 is 2.28 bits per heavy atom. The molecule has 1 aliphatic heterocycles. The highest BCUT2D eigenvalue weighted by atomic mass is 16.5. The van der Waals surface area contributed by atoms with Gasteiger partial charge in [-0.25, -0.2) is 0 Å². The van der Waals surface area contributed by atoms with Crippen molar-refractivity contribution < 1.29 is 9.47 Å². The highest BCUT2D eigenvalue weighted by Crippen LogP contribution is 2.28. The minimum atomic E-state index is 0.368. The van der Waals surface area contributed by atoms with Crippen LogP contribution in [0.25, 0.3) is 0 Å². The summed E-state index contributed by atoms with van der Waals surface area (Å²) in [5, 5.41) is 3.37. The predicted molar refractivity (Wildman–Crippen MR) is 73.2 cm³/mol. The molecule has 1 atom stereocenters. The molecule has 3 heteroatoms. The molecule has 0 fully saturated rings. The molecule has 0 amide bonds. The lowest BCUT2D eigenvalue weighted by Crippen LogP contribution is -2.18. The number of fused-ring (bicyclic) bond motifs is 1. The van der Waals surface area contributed by atoms with E-state index in [0.29, 0.717) is 6.04 Å². The van der Waals surface area contributed by atoms with Gasteiger partial charge in [-0.3, -0.25) is 0 Å². The van der Waals surface area contributed by atoms with Gasteiger partial charge in [-0.1, -0.05) is 19.1 Å². The van der Waals surface area contributed by atoms with Gasteiger partial charge in [-0.15, -0.1) is 0 Å². The molecule has 1 unspecified atom stereocenters. The molecular weight excluding hydrogens is 226 g/mol. The largest absolute Gasteiger partial charge is 0.493 e. The Hall–Kier alpha value is -1.06. The van der Waals surface area contributed by atoms with Crippen LogP contribution in [0.2, 0.25) is 0 Å². The maximum atomic E-state index is 5.56. The summed E-state index contributed by atoms with van der Waals surface area (Å²) >= 11 is 0. The number of benzene rings is 1. The molecule has 2 rings (SSSR count). The van der Waals surface area contributed by atoms with Crippen LogP contribution < -0.4 is 10.1 Å². The highest BCUT2D eigenvalue weighted by Gasteiger charge is 2.15. The lowest BCUT2D eigenvalue weighted by molar-refractivity contribution is 0.125. The van der Waals surface area contributed by atoms with E-state index in [1.165, 1.54) is 11.1 Å². The Morgan fingerprint density at radius 1 is 1.39 bits per heavy atom. The first kappa shape index (κ1) is 13.4. The van der Waals surface area contributed by atoms with E-state index in [4.69, 9.17) is 9.47 Å². The van der Waals surface area contributed by atoms with Crippen LogP contribution in [0.15, 0.2) is 18.2 Å². The number of ether oxygens (including phenoxy) is 2. The zero-order chi connectivity index (χ0) is 12.8. The molecule has 1 aromatic rings. The van der Waals surface area contributed by atoms with E-state index in [2.05, 4.69) is 30.4 Å². The molecule has 0 saturated carbocycles. The normalized spacial score (nSPS) is 15.2. The number of hydrogen-bond acceptors (Lipinski definition) is 3. The van der Waals surface area contributed by atoms with E-state index in [9.17, 15) is 0 Å². The minimum absolute atomic E-state index is 0.368. The van der Waals surface area contributed by atoms with Crippen molar-refractivity contribution >= 4 is 0 Å². The second-order valence-corrected chi connectivity index (χ2v) is 4.71. The molecule has 0 saturated heterocycles. The minimum Gasteiger partial charge on any atom is -0.493 e. The fourth-order valence-corrected chi connectivity index (χ4v) is 2.35. The van der Waals surface area contributed by atoms with Crippen molar-refractivity contribution in [3.8, 4) is 5.75 Å². The van der Waals surface area contributed by atoms with Gasteiger partial charge in [0.25, 0.3) is 0 Å². The molecule has 100 valence electrons. The summed E-state index contributed by atoms with van der Waals surface area (Å²) in [6.07, 6.45) is 3.13. The summed E-state index contributed by atoms with van der Waals surface area (Å²) in [6, 6.07) is 6.89. The van der Waals surface area contributed by atoms with E-state index in [1.807, 2.05) is 7.05 Å². The second kappa shape index (κ2) is 6.76. The maximum absolute atomic E-state index is 5.56. The molecule has 1 aromatic carbocycles. The molecule has 1 aliphatic rings. The molecule has 3 nitrogen and oxygen atoms in total. The zero-order valence-corrected chi connectivity index (χ0v) is 11.4. The van der Waals surface area contributed by atoms with Crippen LogP contribution in [-0.2, 0) is 11.2 Å². The highest BCUT2D eigenvalue weighted by molar-refractivity contribution is 5.40. The van der Waals surface area contributed by atoms with Crippen LogP contribution in [0.1, 0.15) is 36.9 Å². The van der Waals surface area contributed by atoms with Crippen molar-refractivity contribution in [3.63, 3.8) is 0 Å². The fraction of sp³-hybridized carbons (Fsp3) is 0.600. The maximum Gasteiger partial charge on any atom is 0.122 e. The van der Waals surface area contributed by atoms with Crippen LogP contribution in [0.5, 0.6) is 5.75 Å². The Labute approximate surface area is 109 Å². The summed E-state index contributed by atoms with van der Waals surface area (Å²) in [5.41, 5.74) is 2.67. The topological polar surface area (TPSA) is 30.5 Å². The Kier molecular flexibility index (Phi) is 5.02. The van der Waals surface area contributed by atoms with Gasteiger partial charge >= 0.3 is 0 Å². The van der Waals surface area contributed by atoms with E-state index in [0.717, 1.165) is 44.8 Å². The monoisotopic (exact) mass is 249 g/mol. The zero-order valence-electron chi connectivity index (χ0n) is 11.4. The summed E-state index contributed by atoms with van der Waals surface area (Å²) in [4.78, 5) is 0. The quantitative estimate of drug-likeness (QED) is 0.754. The van der Waals surface area contributed by atoms with Crippen molar-refractivity contribution in [1.82, 2.24) is 5.32 Å². The van der Waals surface area contributed by atoms with Crippen LogP contribution in [0, 0.1) is 0 Å². The molecule has 0 aliphatic carbocycles. The number of nitrogens with one attached hydrogen (secondary N) is 1. The van der Waals surface area contributed by atoms with Crippen LogP contribution >= 0.6 is 0 Å². The molecule has 1 heterocycles. The third-order valence-electron chi connectivity index (χ3n) is 3.36.